The molecule has 2 saturated heterocycles. The molecular formula is C22H25N3O3S. The third-order valence-electron chi connectivity index (χ3n) is 5.47. The molecule has 0 spiro atoms. The van der Waals surface area contributed by atoms with Crippen molar-refractivity contribution in [2.45, 2.75) is 17.5 Å². The molecule has 29 heavy (non-hydrogen) atoms. The van der Waals surface area contributed by atoms with E-state index in [1.165, 1.54) is 11.8 Å². The Kier molecular flexibility index (Phi) is 6.16. The predicted octanol–water partition coefficient (Wildman–Crippen LogP) is 2.35. The summed E-state index contributed by atoms with van der Waals surface area (Å²) >= 11 is 1.47. The van der Waals surface area contributed by atoms with E-state index < -0.39 is 0 Å². The van der Waals surface area contributed by atoms with Crippen LogP contribution in [0, 0.1) is 5.92 Å². The van der Waals surface area contributed by atoms with Gasteiger partial charge in [-0.25, -0.2) is 4.98 Å². The molecule has 1 aromatic heterocycles. The number of rotatable bonds is 4. The number of carbonyl (C=O) groups excluding carboxylic acids is 2. The second-order valence-corrected chi connectivity index (χ2v) is 8.33. The lowest BCUT2D eigenvalue weighted by atomic mass is 10.1. The normalized spacial score (nSPS) is 21.6. The summed E-state index contributed by atoms with van der Waals surface area (Å²) in [4.78, 5) is 34.5. The molecule has 0 aliphatic carbocycles. The van der Waals surface area contributed by atoms with E-state index in [2.05, 4.69) is 4.98 Å². The van der Waals surface area contributed by atoms with E-state index in [0.29, 0.717) is 44.8 Å². The van der Waals surface area contributed by atoms with Gasteiger partial charge in [0.1, 0.15) is 5.03 Å². The van der Waals surface area contributed by atoms with Crippen LogP contribution in [0.2, 0.25) is 0 Å². The van der Waals surface area contributed by atoms with Gasteiger partial charge in [0, 0.05) is 31.7 Å². The second kappa shape index (κ2) is 8.97. The van der Waals surface area contributed by atoms with Gasteiger partial charge in [-0.15, -0.1) is 11.8 Å². The van der Waals surface area contributed by atoms with Crippen molar-refractivity contribution < 1.29 is 14.3 Å². The van der Waals surface area contributed by atoms with E-state index in [1.807, 2.05) is 52.5 Å². The van der Waals surface area contributed by atoms with E-state index >= 15 is 0 Å². The third-order valence-corrected chi connectivity index (χ3v) is 6.18. The Morgan fingerprint density at radius 1 is 1.10 bits per heavy atom. The molecule has 2 amide bonds. The minimum atomic E-state index is -0.128. The highest BCUT2D eigenvalue weighted by molar-refractivity contribution is 7.98. The summed E-state index contributed by atoms with van der Waals surface area (Å²) in [5.74, 6) is 0.189. The number of pyridine rings is 1. The fourth-order valence-corrected chi connectivity index (χ4v) is 4.61. The van der Waals surface area contributed by atoms with Crippen molar-refractivity contribution in [3.63, 3.8) is 0 Å². The van der Waals surface area contributed by atoms with Gasteiger partial charge in [-0.3, -0.25) is 9.59 Å². The molecule has 2 aliphatic rings. The zero-order valence-corrected chi connectivity index (χ0v) is 17.3. The molecule has 4 rings (SSSR count). The number of fused-ring (bicyclic) bond motifs is 3. The van der Waals surface area contributed by atoms with Crippen molar-refractivity contribution >= 4 is 23.6 Å². The number of thioether (sulfide) groups is 1. The highest BCUT2D eigenvalue weighted by atomic mass is 32.2. The van der Waals surface area contributed by atoms with Gasteiger partial charge in [0.2, 0.25) is 5.91 Å². The number of amides is 2. The third kappa shape index (κ3) is 4.46. The van der Waals surface area contributed by atoms with Crippen LogP contribution in [0.25, 0.3) is 0 Å². The lowest BCUT2D eigenvalue weighted by Gasteiger charge is -2.31. The molecule has 0 unspecified atom stereocenters. The standard InChI is InChI=1S/C22H25N3O3S/c1-29-21-19(8-5-9-23-21)22(27)24-11-17-12-25(18(13-24)15-28-14-17)20(26)10-16-6-3-2-4-7-16/h2-9,17-18H,10-15H2,1H3/t17-,18-/m0/s1. The smallest absolute Gasteiger partial charge is 0.256 e. The van der Waals surface area contributed by atoms with Gasteiger partial charge in [0.25, 0.3) is 5.91 Å². The Morgan fingerprint density at radius 2 is 1.93 bits per heavy atom. The van der Waals surface area contributed by atoms with Crippen LogP contribution in [0.1, 0.15) is 15.9 Å². The molecule has 2 atom stereocenters. The summed E-state index contributed by atoms with van der Waals surface area (Å²) < 4.78 is 5.82. The molecular weight excluding hydrogens is 386 g/mol. The van der Waals surface area contributed by atoms with Crippen LogP contribution in [0.5, 0.6) is 0 Å². The largest absolute Gasteiger partial charge is 0.379 e. The van der Waals surface area contributed by atoms with Crippen LogP contribution in [0.15, 0.2) is 53.7 Å². The van der Waals surface area contributed by atoms with Crippen LogP contribution in [-0.4, -0.2) is 71.7 Å². The first-order chi connectivity index (χ1) is 14.2. The van der Waals surface area contributed by atoms with Gasteiger partial charge in [-0.2, -0.15) is 0 Å². The zero-order valence-electron chi connectivity index (χ0n) is 16.5. The van der Waals surface area contributed by atoms with Crippen molar-refractivity contribution in [1.29, 1.82) is 0 Å². The molecule has 0 radical (unpaired) electrons. The minimum absolute atomic E-state index is 0.0169. The summed E-state index contributed by atoms with van der Waals surface area (Å²) in [6.45, 7) is 2.73. The molecule has 2 aliphatic heterocycles. The van der Waals surface area contributed by atoms with Gasteiger partial charge in [-0.1, -0.05) is 30.3 Å². The van der Waals surface area contributed by atoms with E-state index in [0.717, 1.165) is 10.6 Å². The number of hydrogen-bond donors (Lipinski definition) is 0. The summed E-state index contributed by atoms with van der Waals surface area (Å²) in [7, 11) is 0. The maximum Gasteiger partial charge on any atom is 0.256 e. The highest BCUT2D eigenvalue weighted by Crippen LogP contribution is 2.24. The van der Waals surface area contributed by atoms with Crippen molar-refractivity contribution in [2.24, 2.45) is 5.92 Å². The Hall–Kier alpha value is -2.38. The Bertz CT molecular complexity index is 877. The lowest BCUT2D eigenvalue weighted by molar-refractivity contribution is -0.133. The number of hydrogen-bond acceptors (Lipinski definition) is 5. The maximum atomic E-state index is 13.3. The fourth-order valence-electron chi connectivity index (χ4n) is 4.07. The molecule has 2 fully saturated rings. The maximum absolute atomic E-state index is 13.3. The molecule has 152 valence electrons. The number of nitrogens with zero attached hydrogens (tertiary/aromatic N) is 3. The van der Waals surface area contributed by atoms with E-state index in [1.54, 1.807) is 12.3 Å². The van der Waals surface area contributed by atoms with E-state index in [-0.39, 0.29) is 23.8 Å². The minimum Gasteiger partial charge on any atom is -0.379 e. The van der Waals surface area contributed by atoms with Crippen LogP contribution >= 0.6 is 11.8 Å². The van der Waals surface area contributed by atoms with Crippen LogP contribution in [0.3, 0.4) is 0 Å². The first kappa shape index (κ1) is 19.9. The number of aromatic nitrogens is 1. The molecule has 7 heteroatoms. The summed E-state index contributed by atoms with van der Waals surface area (Å²) in [6, 6.07) is 13.3. The summed E-state index contributed by atoms with van der Waals surface area (Å²) in [6.07, 6.45) is 4.00. The van der Waals surface area contributed by atoms with Crippen molar-refractivity contribution in [3.8, 4) is 0 Å². The van der Waals surface area contributed by atoms with Gasteiger partial charge in [0.05, 0.1) is 31.2 Å². The van der Waals surface area contributed by atoms with Crippen LogP contribution in [-0.2, 0) is 16.0 Å². The van der Waals surface area contributed by atoms with Gasteiger partial charge < -0.3 is 14.5 Å². The van der Waals surface area contributed by atoms with Gasteiger partial charge >= 0.3 is 0 Å². The average molecular weight is 412 g/mol. The lowest BCUT2D eigenvalue weighted by Crippen LogP contribution is -2.48. The molecule has 0 saturated carbocycles. The van der Waals surface area contributed by atoms with Crippen LogP contribution < -0.4 is 0 Å². The summed E-state index contributed by atoms with van der Waals surface area (Å²) in [5, 5.41) is 0.736. The zero-order chi connectivity index (χ0) is 20.2. The Morgan fingerprint density at radius 3 is 2.72 bits per heavy atom. The molecule has 3 heterocycles. The van der Waals surface area contributed by atoms with Crippen molar-refractivity contribution in [3.05, 3.63) is 59.8 Å². The molecule has 2 bridgehead atoms. The Balaban J connectivity index is 1.53. The Labute approximate surface area is 175 Å². The number of carbonyl (C=O) groups is 2. The molecule has 6 nitrogen and oxygen atoms in total. The van der Waals surface area contributed by atoms with Crippen molar-refractivity contribution in [2.75, 3.05) is 39.1 Å². The monoisotopic (exact) mass is 411 g/mol. The van der Waals surface area contributed by atoms with Crippen LogP contribution in [0.4, 0.5) is 0 Å². The quantitative estimate of drug-likeness (QED) is 0.723. The molecule has 2 aromatic rings. The first-order valence-electron chi connectivity index (χ1n) is 9.85. The topological polar surface area (TPSA) is 62.7 Å². The SMILES string of the molecule is CSc1ncccc1C(=O)N1C[C@@H]2COC[C@H](C1)N(C(=O)Cc1ccccc1)C2. The second-order valence-electron chi connectivity index (χ2n) is 7.54. The summed E-state index contributed by atoms with van der Waals surface area (Å²) in [5.41, 5.74) is 1.63. The highest BCUT2D eigenvalue weighted by Gasteiger charge is 2.37. The molecule has 0 N–H and O–H groups in total. The van der Waals surface area contributed by atoms with Gasteiger partial charge in [-0.05, 0) is 24.0 Å². The predicted molar refractivity (Wildman–Crippen MR) is 112 cm³/mol. The van der Waals surface area contributed by atoms with E-state index in [4.69, 9.17) is 4.74 Å². The molecule has 1 aromatic carbocycles. The average Bonchev–Trinajstić information content (AvgIpc) is 3.05. The first-order valence-corrected chi connectivity index (χ1v) is 11.1. The van der Waals surface area contributed by atoms with Gasteiger partial charge in [0.15, 0.2) is 0 Å². The van der Waals surface area contributed by atoms with Crippen molar-refractivity contribution in [1.82, 2.24) is 14.8 Å². The number of benzene rings is 1. The number of ether oxygens (including phenoxy) is 1. The van der Waals surface area contributed by atoms with E-state index in [9.17, 15) is 9.59 Å². The fraction of sp³-hybridized carbons (Fsp3) is 0.409.